The highest BCUT2D eigenvalue weighted by molar-refractivity contribution is 5.90. The van der Waals surface area contributed by atoms with Crippen molar-refractivity contribution in [3.8, 4) is 11.8 Å². The predicted molar refractivity (Wildman–Crippen MR) is 70.2 cm³/mol. The maximum atomic E-state index is 11.6. The molecule has 2 N–H and O–H groups in total. The molecule has 0 spiro atoms. The number of hydrogen-bond acceptors (Lipinski definition) is 7. The van der Waals surface area contributed by atoms with Crippen molar-refractivity contribution in [3.63, 3.8) is 0 Å². The van der Waals surface area contributed by atoms with E-state index in [-0.39, 0.29) is 24.3 Å². The minimum absolute atomic E-state index is 0.0550. The number of aromatic nitrogens is 3. The summed E-state index contributed by atoms with van der Waals surface area (Å²) in [7, 11) is 1.40. The summed E-state index contributed by atoms with van der Waals surface area (Å²) in [6.07, 6.45) is 0. The Balaban J connectivity index is 1.84. The molecular formula is C11H11N5O5. The number of nitro benzene ring substituents is 1. The molecule has 1 aromatic carbocycles. The van der Waals surface area contributed by atoms with Crippen LogP contribution in [0.4, 0.5) is 11.6 Å². The number of rotatable bonds is 6. The van der Waals surface area contributed by atoms with Gasteiger partial charge in [0.1, 0.15) is 5.75 Å². The molecule has 110 valence electrons. The number of carbonyl (C=O) groups is 1. The van der Waals surface area contributed by atoms with E-state index >= 15 is 0 Å². The summed E-state index contributed by atoms with van der Waals surface area (Å²) >= 11 is 0. The Kier molecular flexibility index (Phi) is 4.29. The Morgan fingerprint density at radius 3 is 2.71 bits per heavy atom. The largest absolute Gasteiger partial charge is 0.484 e. The Morgan fingerprint density at radius 2 is 2.14 bits per heavy atom. The fraction of sp³-hybridized carbons (Fsp3) is 0.182. The molecular weight excluding hydrogens is 282 g/mol. The molecule has 1 heterocycles. The second-order valence-electron chi connectivity index (χ2n) is 3.76. The van der Waals surface area contributed by atoms with E-state index in [2.05, 4.69) is 20.5 Å². The second-order valence-corrected chi connectivity index (χ2v) is 3.76. The van der Waals surface area contributed by atoms with Gasteiger partial charge in [-0.25, -0.2) is 5.10 Å². The Hall–Kier alpha value is -3.17. The number of hydrogen-bond donors (Lipinski definition) is 2. The van der Waals surface area contributed by atoms with Crippen molar-refractivity contribution in [2.75, 3.05) is 19.0 Å². The third-order valence-corrected chi connectivity index (χ3v) is 2.32. The van der Waals surface area contributed by atoms with Crippen LogP contribution in [0.5, 0.6) is 11.8 Å². The number of nitrogens with zero attached hydrogens (tertiary/aromatic N) is 3. The van der Waals surface area contributed by atoms with Crippen LogP contribution >= 0.6 is 0 Å². The number of ether oxygens (including phenoxy) is 2. The summed E-state index contributed by atoms with van der Waals surface area (Å²) in [5.74, 6) is 0.00204. The van der Waals surface area contributed by atoms with E-state index in [1.54, 1.807) is 0 Å². The Bertz CT molecular complexity index is 639. The maximum Gasteiger partial charge on any atom is 0.336 e. The van der Waals surface area contributed by atoms with Gasteiger partial charge < -0.3 is 9.47 Å². The first kappa shape index (κ1) is 14.2. The number of carbonyl (C=O) groups excluding carboxylic acids is 1. The van der Waals surface area contributed by atoms with Crippen LogP contribution in [0.3, 0.4) is 0 Å². The van der Waals surface area contributed by atoms with Crippen molar-refractivity contribution in [2.24, 2.45) is 0 Å². The summed E-state index contributed by atoms with van der Waals surface area (Å²) in [5, 5.41) is 19.0. The average molecular weight is 293 g/mol. The monoisotopic (exact) mass is 293 g/mol. The lowest BCUT2D eigenvalue weighted by molar-refractivity contribution is -0.384. The van der Waals surface area contributed by atoms with E-state index in [1.807, 2.05) is 0 Å². The molecule has 0 aliphatic rings. The first-order valence-corrected chi connectivity index (χ1v) is 5.72. The van der Waals surface area contributed by atoms with Gasteiger partial charge in [-0.15, -0.1) is 5.10 Å². The highest BCUT2D eigenvalue weighted by Gasteiger charge is 2.09. The Morgan fingerprint density at radius 1 is 1.43 bits per heavy atom. The topological polar surface area (TPSA) is 132 Å². The molecule has 2 rings (SSSR count). The van der Waals surface area contributed by atoms with Gasteiger partial charge in [-0.05, 0) is 12.1 Å². The second kappa shape index (κ2) is 6.32. The molecule has 0 aliphatic carbocycles. The smallest absolute Gasteiger partial charge is 0.336 e. The van der Waals surface area contributed by atoms with Crippen LogP contribution in [0, 0.1) is 10.1 Å². The van der Waals surface area contributed by atoms with E-state index in [9.17, 15) is 14.9 Å². The standard InChI is InChI=1S/C11H11N5O5/c1-20-11-13-10(14-15-11)12-9(17)6-21-8-4-2-7(3-5-8)16(18)19/h2-5H,6H2,1H3,(H2,12,13,14,15,17). The van der Waals surface area contributed by atoms with Gasteiger partial charge in [0.05, 0.1) is 12.0 Å². The van der Waals surface area contributed by atoms with Crippen molar-refractivity contribution in [1.82, 2.24) is 15.2 Å². The molecule has 0 saturated carbocycles. The first-order valence-electron chi connectivity index (χ1n) is 5.72. The molecule has 0 aliphatic heterocycles. The number of methoxy groups -OCH3 is 1. The van der Waals surface area contributed by atoms with Gasteiger partial charge in [0.25, 0.3) is 11.6 Å². The molecule has 2 aromatic rings. The van der Waals surface area contributed by atoms with Gasteiger partial charge in [0, 0.05) is 12.1 Å². The summed E-state index contributed by atoms with van der Waals surface area (Å²) < 4.78 is 9.93. The molecule has 0 unspecified atom stereocenters. The van der Waals surface area contributed by atoms with Crippen molar-refractivity contribution < 1.29 is 19.2 Å². The van der Waals surface area contributed by atoms with Crippen molar-refractivity contribution in [1.29, 1.82) is 0 Å². The number of benzene rings is 1. The lowest BCUT2D eigenvalue weighted by Gasteiger charge is -2.05. The van der Waals surface area contributed by atoms with Crippen LogP contribution in [0.2, 0.25) is 0 Å². The molecule has 0 bridgehead atoms. The fourth-order valence-electron chi connectivity index (χ4n) is 1.37. The van der Waals surface area contributed by atoms with Gasteiger partial charge in [0.2, 0.25) is 5.95 Å². The number of amides is 1. The molecule has 0 saturated heterocycles. The van der Waals surface area contributed by atoms with E-state index in [4.69, 9.17) is 9.47 Å². The predicted octanol–water partition coefficient (Wildman–Crippen LogP) is 0.739. The van der Waals surface area contributed by atoms with Gasteiger partial charge in [-0.1, -0.05) is 0 Å². The lowest BCUT2D eigenvalue weighted by Crippen LogP contribution is -2.20. The van der Waals surface area contributed by atoms with E-state index in [0.717, 1.165) is 0 Å². The number of H-pyrrole nitrogens is 1. The van der Waals surface area contributed by atoms with Crippen LogP contribution in [0.15, 0.2) is 24.3 Å². The van der Waals surface area contributed by atoms with Gasteiger partial charge in [-0.2, -0.15) is 4.98 Å². The van der Waals surface area contributed by atoms with Crippen LogP contribution in [0.1, 0.15) is 0 Å². The summed E-state index contributed by atoms with van der Waals surface area (Å²) in [6.45, 7) is -0.277. The zero-order valence-corrected chi connectivity index (χ0v) is 10.9. The van der Waals surface area contributed by atoms with E-state index in [0.29, 0.717) is 5.75 Å². The number of non-ortho nitro benzene ring substituents is 1. The number of anilines is 1. The van der Waals surface area contributed by atoms with Crippen LogP contribution in [0.25, 0.3) is 0 Å². The highest BCUT2D eigenvalue weighted by atomic mass is 16.6. The van der Waals surface area contributed by atoms with Gasteiger partial charge in [-0.3, -0.25) is 20.2 Å². The molecule has 0 radical (unpaired) electrons. The quantitative estimate of drug-likeness (QED) is 0.592. The average Bonchev–Trinajstić information content (AvgIpc) is 2.93. The van der Waals surface area contributed by atoms with Crippen LogP contribution in [-0.4, -0.2) is 39.7 Å². The third kappa shape index (κ3) is 3.89. The van der Waals surface area contributed by atoms with E-state index < -0.39 is 10.8 Å². The van der Waals surface area contributed by atoms with Gasteiger partial charge >= 0.3 is 6.01 Å². The highest BCUT2D eigenvalue weighted by Crippen LogP contribution is 2.17. The summed E-state index contributed by atoms with van der Waals surface area (Å²) in [5.41, 5.74) is -0.0550. The normalized spacial score (nSPS) is 9.95. The molecule has 1 aromatic heterocycles. The van der Waals surface area contributed by atoms with Crippen molar-refractivity contribution in [2.45, 2.75) is 0 Å². The lowest BCUT2D eigenvalue weighted by atomic mass is 10.3. The zero-order chi connectivity index (χ0) is 15.2. The Labute approximate surface area is 118 Å². The SMILES string of the molecule is COc1n[nH]c(NC(=O)COc2ccc([N+](=O)[O-])cc2)n1. The maximum absolute atomic E-state index is 11.6. The third-order valence-electron chi connectivity index (χ3n) is 2.32. The summed E-state index contributed by atoms with van der Waals surface area (Å²) in [4.78, 5) is 25.4. The van der Waals surface area contributed by atoms with Crippen LogP contribution < -0.4 is 14.8 Å². The van der Waals surface area contributed by atoms with Crippen molar-refractivity contribution >= 4 is 17.5 Å². The number of nitro groups is 1. The minimum atomic E-state index is -0.520. The number of nitrogens with one attached hydrogen (secondary N) is 2. The van der Waals surface area contributed by atoms with Gasteiger partial charge in [0.15, 0.2) is 6.61 Å². The fourth-order valence-corrected chi connectivity index (χ4v) is 1.37. The molecule has 10 nitrogen and oxygen atoms in total. The summed E-state index contributed by atoms with van der Waals surface area (Å²) in [6, 6.07) is 5.48. The zero-order valence-electron chi connectivity index (χ0n) is 10.9. The first-order chi connectivity index (χ1) is 10.1. The van der Waals surface area contributed by atoms with Crippen LogP contribution in [-0.2, 0) is 4.79 Å². The minimum Gasteiger partial charge on any atom is -0.484 e. The number of aromatic amines is 1. The molecule has 0 atom stereocenters. The molecule has 10 heteroatoms. The van der Waals surface area contributed by atoms with E-state index in [1.165, 1.54) is 31.4 Å². The van der Waals surface area contributed by atoms with Crippen molar-refractivity contribution in [3.05, 3.63) is 34.4 Å². The molecule has 1 amide bonds. The molecule has 21 heavy (non-hydrogen) atoms. The molecule has 0 fully saturated rings.